The number of benzene rings is 1. The maximum atomic E-state index is 12.1. The van der Waals surface area contributed by atoms with Gasteiger partial charge in [0.25, 0.3) is 0 Å². The van der Waals surface area contributed by atoms with Gasteiger partial charge in [0.1, 0.15) is 0 Å². The summed E-state index contributed by atoms with van der Waals surface area (Å²) in [4.78, 5) is 11.6. The summed E-state index contributed by atoms with van der Waals surface area (Å²) >= 11 is 1.56. The average Bonchev–Trinajstić information content (AvgIpc) is 2.81. The van der Waals surface area contributed by atoms with Gasteiger partial charge in [-0.1, -0.05) is 6.07 Å². The van der Waals surface area contributed by atoms with Crippen LogP contribution in [0.15, 0.2) is 39.9 Å². The van der Waals surface area contributed by atoms with Gasteiger partial charge in [-0.3, -0.25) is 4.21 Å². The zero-order chi connectivity index (χ0) is 13.1. The molecular weight excluding hydrogens is 268 g/mol. The van der Waals surface area contributed by atoms with E-state index in [9.17, 15) is 9.00 Å². The van der Waals surface area contributed by atoms with Crippen molar-refractivity contribution in [3.63, 3.8) is 0 Å². The Labute approximate surface area is 112 Å². The SMILES string of the molecule is Cc1ccc(S(=O)Cc2ccsc2)cc1C(=O)O. The van der Waals surface area contributed by atoms with Crippen molar-refractivity contribution in [1.29, 1.82) is 0 Å². The minimum atomic E-state index is -1.20. The summed E-state index contributed by atoms with van der Waals surface area (Å²) in [5, 5.41) is 12.9. The van der Waals surface area contributed by atoms with Crippen molar-refractivity contribution in [2.75, 3.05) is 0 Å². The molecule has 1 heterocycles. The monoisotopic (exact) mass is 280 g/mol. The summed E-state index contributed by atoms with van der Waals surface area (Å²) in [5.74, 6) is -0.562. The van der Waals surface area contributed by atoms with Crippen LogP contribution in [0.25, 0.3) is 0 Å². The topological polar surface area (TPSA) is 54.4 Å². The van der Waals surface area contributed by atoms with Crippen LogP contribution in [-0.2, 0) is 16.6 Å². The van der Waals surface area contributed by atoms with Gasteiger partial charge in [0.05, 0.1) is 22.1 Å². The van der Waals surface area contributed by atoms with E-state index in [2.05, 4.69) is 0 Å². The molecule has 0 saturated heterocycles. The van der Waals surface area contributed by atoms with Crippen molar-refractivity contribution in [3.05, 3.63) is 51.7 Å². The number of rotatable bonds is 4. The maximum Gasteiger partial charge on any atom is 0.335 e. The quantitative estimate of drug-likeness (QED) is 0.936. The Morgan fingerprint density at radius 3 is 2.78 bits per heavy atom. The van der Waals surface area contributed by atoms with Gasteiger partial charge in [0, 0.05) is 4.90 Å². The summed E-state index contributed by atoms with van der Waals surface area (Å²) in [6.07, 6.45) is 0. The number of carboxylic acid groups (broad SMARTS) is 1. The Morgan fingerprint density at radius 1 is 1.39 bits per heavy atom. The molecule has 2 rings (SSSR count). The lowest BCUT2D eigenvalue weighted by Gasteiger charge is -2.05. The second kappa shape index (κ2) is 5.46. The van der Waals surface area contributed by atoms with Crippen molar-refractivity contribution in [2.24, 2.45) is 0 Å². The average molecular weight is 280 g/mol. The second-order valence-corrected chi connectivity index (χ2v) is 6.13. The van der Waals surface area contributed by atoms with Crippen molar-refractivity contribution in [2.45, 2.75) is 17.6 Å². The van der Waals surface area contributed by atoms with Gasteiger partial charge < -0.3 is 5.11 Å². The van der Waals surface area contributed by atoms with E-state index in [0.717, 1.165) is 5.56 Å². The highest BCUT2D eigenvalue weighted by atomic mass is 32.2. The molecule has 0 saturated carbocycles. The molecule has 2 aromatic rings. The number of aryl methyl sites for hydroxylation is 1. The minimum Gasteiger partial charge on any atom is -0.478 e. The first-order valence-electron chi connectivity index (χ1n) is 5.31. The molecule has 0 aliphatic heterocycles. The maximum absolute atomic E-state index is 12.1. The van der Waals surface area contributed by atoms with Gasteiger partial charge in [-0.25, -0.2) is 4.79 Å². The summed E-state index contributed by atoms with van der Waals surface area (Å²) in [6, 6.07) is 6.85. The Morgan fingerprint density at radius 2 is 2.17 bits per heavy atom. The molecule has 0 radical (unpaired) electrons. The highest BCUT2D eigenvalue weighted by Crippen LogP contribution is 2.18. The fourth-order valence-corrected chi connectivity index (χ4v) is 3.47. The third kappa shape index (κ3) is 2.86. The van der Waals surface area contributed by atoms with Gasteiger partial charge in [0.2, 0.25) is 0 Å². The zero-order valence-corrected chi connectivity index (χ0v) is 11.4. The first-order valence-corrected chi connectivity index (χ1v) is 7.57. The molecule has 1 aromatic heterocycles. The van der Waals surface area contributed by atoms with E-state index in [0.29, 0.717) is 16.2 Å². The Kier molecular flexibility index (Phi) is 3.93. The first-order chi connectivity index (χ1) is 8.58. The normalized spacial score (nSPS) is 12.3. The number of carboxylic acids is 1. The molecule has 1 N–H and O–H groups in total. The van der Waals surface area contributed by atoms with Crippen molar-refractivity contribution < 1.29 is 14.1 Å². The largest absolute Gasteiger partial charge is 0.478 e. The van der Waals surface area contributed by atoms with Crippen LogP contribution in [0.5, 0.6) is 0 Å². The van der Waals surface area contributed by atoms with Crippen LogP contribution in [0.2, 0.25) is 0 Å². The second-order valence-electron chi connectivity index (χ2n) is 3.90. The third-order valence-corrected chi connectivity index (χ3v) is 4.69. The standard InChI is InChI=1S/C13H12O3S2/c1-9-2-3-11(6-12(9)13(14)15)18(16)8-10-4-5-17-7-10/h2-7H,8H2,1H3,(H,14,15). The molecule has 5 heteroatoms. The predicted octanol–water partition coefficient (Wildman–Crippen LogP) is 3.06. The van der Waals surface area contributed by atoms with Crippen LogP contribution in [0.4, 0.5) is 0 Å². The third-order valence-electron chi connectivity index (χ3n) is 2.58. The number of hydrogen-bond donors (Lipinski definition) is 1. The van der Waals surface area contributed by atoms with E-state index >= 15 is 0 Å². The van der Waals surface area contributed by atoms with E-state index in [1.54, 1.807) is 30.4 Å². The smallest absolute Gasteiger partial charge is 0.335 e. The number of thiophene rings is 1. The molecule has 1 aromatic carbocycles. The summed E-state index contributed by atoms with van der Waals surface area (Å²) in [7, 11) is -1.20. The number of aromatic carboxylic acids is 1. The summed E-state index contributed by atoms with van der Waals surface area (Å²) in [6.45, 7) is 1.73. The molecule has 18 heavy (non-hydrogen) atoms. The Bertz CT molecular complexity index is 588. The predicted molar refractivity (Wildman–Crippen MR) is 72.6 cm³/mol. The molecule has 94 valence electrons. The van der Waals surface area contributed by atoms with Crippen LogP contribution >= 0.6 is 11.3 Å². The van der Waals surface area contributed by atoms with E-state index in [4.69, 9.17) is 5.11 Å². The van der Waals surface area contributed by atoms with Gasteiger partial charge in [0.15, 0.2) is 0 Å². The lowest BCUT2D eigenvalue weighted by molar-refractivity contribution is 0.0696. The number of hydrogen-bond acceptors (Lipinski definition) is 3. The summed E-state index contributed by atoms with van der Waals surface area (Å²) < 4.78 is 12.1. The van der Waals surface area contributed by atoms with E-state index < -0.39 is 16.8 Å². The van der Waals surface area contributed by atoms with Crippen molar-refractivity contribution in [1.82, 2.24) is 0 Å². The van der Waals surface area contributed by atoms with Gasteiger partial charge >= 0.3 is 5.97 Å². The van der Waals surface area contributed by atoms with Crippen LogP contribution in [0, 0.1) is 6.92 Å². The van der Waals surface area contributed by atoms with Crippen LogP contribution in [-0.4, -0.2) is 15.3 Å². The molecule has 0 aliphatic carbocycles. The van der Waals surface area contributed by atoms with Crippen LogP contribution < -0.4 is 0 Å². The van der Waals surface area contributed by atoms with Crippen LogP contribution in [0.1, 0.15) is 21.5 Å². The molecule has 0 aliphatic rings. The Hall–Kier alpha value is -1.46. The molecule has 0 fully saturated rings. The molecule has 1 unspecified atom stereocenters. The number of carbonyl (C=O) groups is 1. The van der Waals surface area contributed by atoms with Crippen molar-refractivity contribution >= 4 is 28.1 Å². The van der Waals surface area contributed by atoms with E-state index in [1.165, 1.54) is 6.07 Å². The molecule has 0 spiro atoms. The summed E-state index contributed by atoms with van der Waals surface area (Å²) in [5.41, 5.74) is 1.90. The van der Waals surface area contributed by atoms with Crippen molar-refractivity contribution in [3.8, 4) is 0 Å². The van der Waals surface area contributed by atoms with E-state index in [-0.39, 0.29) is 5.56 Å². The fraction of sp³-hybridized carbons (Fsp3) is 0.154. The fourth-order valence-electron chi connectivity index (χ4n) is 1.58. The van der Waals surface area contributed by atoms with Gasteiger partial charge in [-0.05, 0) is 47.0 Å². The molecule has 0 bridgehead atoms. The minimum absolute atomic E-state index is 0.214. The molecular formula is C13H12O3S2. The highest BCUT2D eigenvalue weighted by molar-refractivity contribution is 7.84. The highest BCUT2D eigenvalue weighted by Gasteiger charge is 2.11. The van der Waals surface area contributed by atoms with Gasteiger partial charge in [-0.15, -0.1) is 0 Å². The van der Waals surface area contributed by atoms with Crippen LogP contribution in [0.3, 0.4) is 0 Å². The first kappa shape index (κ1) is 13.0. The zero-order valence-electron chi connectivity index (χ0n) is 9.75. The molecule has 1 atom stereocenters. The van der Waals surface area contributed by atoms with E-state index in [1.807, 2.05) is 16.8 Å². The lowest BCUT2D eigenvalue weighted by Crippen LogP contribution is -2.03. The lowest BCUT2D eigenvalue weighted by atomic mass is 10.1. The van der Waals surface area contributed by atoms with Gasteiger partial charge in [-0.2, -0.15) is 11.3 Å². The molecule has 3 nitrogen and oxygen atoms in total. The Balaban J connectivity index is 2.26. The molecule has 0 amide bonds.